The van der Waals surface area contributed by atoms with Crippen molar-refractivity contribution in [3.8, 4) is 0 Å². The van der Waals surface area contributed by atoms with E-state index in [-0.39, 0.29) is 32.0 Å². The van der Waals surface area contributed by atoms with Crippen molar-refractivity contribution in [2.24, 2.45) is 0 Å². The van der Waals surface area contributed by atoms with Gasteiger partial charge in [-0.25, -0.2) is 0 Å². The van der Waals surface area contributed by atoms with Gasteiger partial charge in [0.1, 0.15) is 13.2 Å². The van der Waals surface area contributed by atoms with Crippen LogP contribution in [0.2, 0.25) is 0 Å². The number of esters is 3. The zero-order valence-corrected chi connectivity index (χ0v) is 48.9. The van der Waals surface area contributed by atoms with Crippen LogP contribution in [-0.2, 0) is 28.6 Å². The summed E-state index contributed by atoms with van der Waals surface area (Å²) in [6.45, 7) is 6.13. The van der Waals surface area contributed by atoms with Crippen molar-refractivity contribution in [3.05, 3.63) is 182 Å². The minimum Gasteiger partial charge on any atom is -0.462 e. The van der Waals surface area contributed by atoms with Gasteiger partial charge in [-0.05, 0) is 122 Å². The molecule has 0 N–H and O–H groups in total. The van der Waals surface area contributed by atoms with E-state index >= 15 is 0 Å². The van der Waals surface area contributed by atoms with Crippen LogP contribution in [0, 0.1) is 0 Å². The van der Waals surface area contributed by atoms with E-state index in [1.165, 1.54) is 64.2 Å². The van der Waals surface area contributed by atoms with E-state index in [9.17, 15) is 14.4 Å². The third kappa shape index (κ3) is 61.2. The maximum atomic E-state index is 12.8. The molecule has 0 aliphatic heterocycles. The Bertz CT molecular complexity index is 1840. The van der Waals surface area contributed by atoms with Crippen molar-refractivity contribution < 1.29 is 28.6 Å². The normalized spacial score (nSPS) is 13.4. The summed E-state index contributed by atoms with van der Waals surface area (Å²) < 4.78 is 16.7. The van der Waals surface area contributed by atoms with Gasteiger partial charge in [0.25, 0.3) is 0 Å². The molecule has 0 radical (unpaired) electrons. The number of carbonyl (C=O) groups excluding carboxylic acids is 3. The summed E-state index contributed by atoms with van der Waals surface area (Å²) in [5, 5.41) is 0. The van der Waals surface area contributed by atoms with E-state index in [0.717, 1.165) is 109 Å². The Kier molecular flexibility index (Phi) is 58.6. The lowest BCUT2D eigenvalue weighted by Gasteiger charge is -2.18. The zero-order chi connectivity index (χ0) is 55.7. The molecule has 77 heavy (non-hydrogen) atoms. The van der Waals surface area contributed by atoms with Gasteiger partial charge in [-0.3, -0.25) is 14.4 Å². The number of rotatable bonds is 52. The van der Waals surface area contributed by atoms with E-state index in [1.54, 1.807) is 6.08 Å². The lowest BCUT2D eigenvalue weighted by molar-refractivity contribution is -0.166. The number of hydrogen-bond acceptors (Lipinski definition) is 6. The van der Waals surface area contributed by atoms with Crippen LogP contribution >= 0.6 is 0 Å². The predicted molar refractivity (Wildman–Crippen MR) is 334 cm³/mol. The summed E-state index contributed by atoms with van der Waals surface area (Å²) >= 11 is 0. The minimum absolute atomic E-state index is 0.102. The van der Waals surface area contributed by atoms with Crippen molar-refractivity contribution in [2.45, 2.75) is 232 Å². The van der Waals surface area contributed by atoms with Crippen LogP contribution in [0.15, 0.2) is 182 Å². The van der Waals surface area contributed by atoms with E-state index in [1.807, 2.05) is 18.2 Å². The maximum absolute atomic E-state index is 12.8. The Balaban J connectivity index is 4.55. The highest BCUT2D eigenvalue weighted by Gasteiger charge is 2.19. The fourth-order valence-corrected chi connectivity index (χ4v) is 7.53. The smallest absolute Gasteiger partial charge is 0.309 e. The SMILES string of the molecule is CC/C=C\C/C=C\C/C=C\C/C=C\C/C=C\C/C=C\CCC(=O)OC(COC(=O)C/C=C\C/C=C\C/C=C\C/C=C\C/C=C\CC)COC(=O)CCCCCCCCCCCCCC/C=C\C/C=C\C/C=C\C/C=C\CC. The molecular weight excluding hydrogens is 949 g/mol. The van der Waals surface area contributed by atoms with Crippen LogP contribution in [0.3, 0.4) is 0 Å². The molecule has 6 nitrogen and oxygen atoms in total. The summed E-state index contributed by atoms with van der Waals surface area (Å²) in [5.41, 5.74) is 0. The van der Waals surface area contributed by atoms with E-state index in [2.05, 4.69) is 179 Å². The minimum atomic E-state index is -0.870. The Labute approximate surface area is 472 Å². The maximum Gasteiger partial charge on any atom is 0.309 e. The third-order valence-electron chi connectivity index (χ3n) is 11.9. The molecule has 0 aromatic heterocycles. The Hall–Kier alpha value is -5.49. The zero-order valence-electron chi connectivity index (χ0n) is 48.9. The first-order chi connectivity index (χ1) is 38.0. The van der Waals surface area contributed by atoms with Crippen LogP contribution in [0.5, 0.6) is 0 Å². The Morgan fingerprint density at radius 1 is 0.273 bits per heavy atom. The van der Waals surface area contributed by atoms with Crippen molar-refractivity contribution in [3.63, 3.8) is 0 Å². The van der Waals surface area contributed by atoms with Crippen LogP contribution in [-0.4, -0.2) is 37.2 Å². The number of unbranched alkanes of at least 4 members (excludes halogenated alkanes) is 12. The Morgan fingerprint density at radius 2 is 0.545 bits per heavy atom. The van der Waals surface area contributed by atoms with Gasteiger partial charge in [0, 0.05) is 12.8 Å². The van der Waals surface area contributed by atoms with E-state index < -0.39 is 18.0 Å². The van der Waals surface area contributed by atoms with E-state index in [0.29, 0.717) is 19.3 Å². The molecule has 0 heterocycles. The summed E-state index contributed by atoms with van der Waals surface area (Å²) in [6, 6.07) is 0. The van der Waals surface area contributed by atoms with E-state index in [4.69, 9.17) is 14.2 Å². The van der Waals surface area contributed by atoms with Gasteiger partial charge in [0.15, 0.2) is 6.10 Å². The third-order valence-corrected chi connectivity index (χ3v) is 11.9. The molecule has 1 atom stereocenters. The molecular formula is C71H108O6. The van der Waals surface area contributed by atoms with Crippen LogP contribution < -0.4 is 0 Å². The summed E-state index contributed by atoms with van der Waals surface area (Å²) in [5.74, 6) is -1.18. The number of hydrogen-bond donors (Lipinski definition) is 0. The highest BCUT2D eigenvalue weighted by Crippen LogP contribution is 2.14. The topological polar surface area (TPSA) is 78.9 Å². The highest BCUT2D eigenvalue weighted by atomic mass is 16.6. The monoisotopic (exact) mass is 1060 g/mol. The van der Waals surface area contributed by atoms with Crippen LogP contribution in [0.25, 0.3) is 0 Å². The fourth-order valence-electron chi connectivity index (χ4n) is 7.53. The standard InChI is InChI=1S/C71H108O6/c1-4-7-10-13-16-19-22-25-28-30-32-33-34-35-36-37-39-40-43-46-49-52-55-58-61-64-70(73)76-67-68(66-75-69(72)63-60-57-54-51-48-45-42-27-24-21-18-15-12-9-6-3)77-71(74)65-62-59-56-53-50-47-44-41-38-31-29-26-23-20-17-14-11-8-5-2/h7-12,16-21,25-29,32-33,38,41-42,47-48,50-51,56-57,59-60,68H,4-6,13-15,22-24,30-31,34-37,39-40,43-46,49,52-55,58,61-67H2,1-3H3/b10-7-,11-8-,12-9-,19-16-,20-17-,21-18-,28-25-,29-26-,33-32-,41-38-,42-27-,50-47-,51-48-,59-56-,60-57-. The van der Waals surface area contributed by atoms with Gasteiger partial charge < -0.3 is 14.2 Å². The van der Waals surface area contributed by atoms with Crippen LogP contribution in [0.1, 0.15) is 226 Å². The van der Waals surface area contributed by atoms with Gasteiger partial charge in [-0.1, -0.05) is 267 Å². The molecule has 0 aliphatic rings. The first-order valence-electron chi connectivity index (χ1n) is 30.3. The first kappa shape index (κ1) is 71.5. The molecule has 0 aromatic carbocycles. The number of allylic oxidation sites excluding steroid dienone is 29. The van der Waals surface area contributed by atoms with Gasteiger partial charge in [-0.15, -0.1) is 0 Å². The van der Waals surface area contributed by atoms with Gasteiger partial charge >= 0.3 is 17.9 Å². The van der Waals surface area contributed by atoms with Gasteiger partial charge in [0.2, 0.25) is 0 Å². The largest absolute Gasteiger partial charge is 0.462 e. The quantitative estimate of drug-likeness (QED) is 0.0261. The molecule has 0 bridgehead atoms. The second-order valence-corrected chi connectivity index (χ2v) is 19.1. The molecule has 0 aliphatic carbocycles. The molecule has 0 saturated heterocycles. The highest BCUT2D eigenvalue weighted by molar-refractivity contribution is 5.72. The van der Waals surface area contributed by atoms with Crippen molar-refractivity contribution in [2.75, 3.05) is 13.2 Å². The molecule has 0 aromatic rings. The molecule has 0 fully saturated rings. The molecule has 6 heteroatoms. The molecule has 0 amide bonds. The predicted octanol–water partition coefficient (Wildman–Crippen LogP) is 20.9. The fraction of sp³-hybridized carbons (Fsp3) is 0.535. The number of carbonyl (C=O) groups is 3. The van der Waals surface area contributed by atoms with Gasteiger partial charge in [-0.2, -0.15) is 0 Å². The van der Waals surface area contributed by atoms with Crippen molar-refractivity contribution in [1.29, 1.82) is 0 Å². The second-order valence-electron chi connectivity index (χ2n) is 19.1. The van der Waals surface area contributed by atoms with Crippen LogP contribution in [0.4, 0.5) is 0 Å². The second kappa shape index (κ2) is 63.0. The first-order valence-corrected chi connectivity index (χ1v) is 30.3. The molecule has 0 spiro atoms. The molecule has 0 rings (SSSR count). The molecule has 1 unspecified atom stereocenters. The summed E-state index contributed by atoms with van der Waals surface area (Å²) in [4.78, 5) is 38.2. The van der Waals surface area contributed by atoms with Crippen molar-refractivity contribution in [1.82, 2.24) is 0 Å². The summed E-state index contributed by atoms with van der Waals surface area (Å²) in [7, 11) is 0. The lowest BCUT2D eigenvalue weighted by atomic mass is 10.0. The number of ether oxygens (including phenoxy) is 3. The van der Waals surface area contributed by atoms with Crippen molar-refractivity contribution >= 4 is 17.9 Å². The molecule has 0 saturated carbocycles. The van der Waals surface area contributed by atoms with Gasteiger partial charge in [0.05, 0.1) is 6.42 Å². The summed E-state index contributed by atoms with van der Waals surface area (Å²) in [6.07, 6.45) is 95.0. The lowest BCUT2D eigenvalue weighted by Crippen LogP contribution is -2.30. The Morgan fingerprint density at radius 3 is 0.896 bits per heavy atom. The average Bonchev–Trinajstić information content (AvgIpc) is 3.43. The average molecular weight is 1060 g/mol. The molecule has 428 valence electrons.